The van der Waals surface area contributed by atoms with E-state index in [9.17, 15) is 4.79 Å². The van der Waals surface area contributed by atoms with E-state index >= 15 is 0 Å². The summed E-state index contributed by atoms with van der Waals surface area (Å²) < 4.78 is 1.71. The number of benzene rings is 1. The van der Waals surface area contributed by atoms with Crippen molar-refractivity contribution in [1.29, 1.82) is 0 Å². The first-order valence-corrected chi connectivity index (χ1v) is 11.0. The first-order valence-electron chi connectivity index (χ1n) is 11.0. The van der Waals surface area contributed by atoms with Crippen molar-refractivity contribution in [3.8, 4) is 22.6 Å². The lowest BCUT2D eigenvalue weighted by atomic mass is 10.0. The third kappa shape index (κ3) is 4.00. The van der Waals surface area contributed by atoms with Crippen molar-refractivity contribution in [3.05, 3.63) is 59.9 Å². The van der Waals surface area contributed by atoms with Gasteiger partial charge in [-0.05, 0) is 60.8 Å². The van der Waals surface area contributed by atoms with Crippen LogP contribution in [0.3, 0.4) is 0 Å². The van der Waals surface area contributed by atoms with Crippen molar-refractivity contribution in [2.24, 2.45) is 7.05 Å². The largest absolute Gasteiger partial charge is 0.315 e. The lowest BCUT2D eigenvalue weighted by Crippen LogP contribution is -2.49. The molecule has 4 aromatic rings. The van der Waals surface area contributed by atoms with Crippen molar-refractivity contribution in [2.45, 2.75) is 25.8 Å². The molecule has 0 bridgehead atoms. The zero-order valence-corrected chi connectivity index (χ0v) is 18.6. The predicted molar refractivity (Wildman–Crippen MR) is 123 cm³/mol. The lowest BCUT2D eigenvalue weighted by molar-refractivity contribution is 0.0971. The number of pyridine rings is 1. The number of piperidine rings is 1. The van der Waals surface area contributed by atoms with Gasteiger partial charge in [-0.2, -0.15) is 10.3 Å². The van der Waals surface area contributed by atoms with E-state index in [0.717, 1.165) is 48.3 Å². The number of carbonyl (C=O) groups excluding carboxylic acids is 1. The highest BCUT2D eigenvalue weighted by Gasteiger charge is 2.29. The Morgan fingerprint density at radius 1 is 1.21 bits per heavy atom. The SMILES string of the molecule is Cc1cccnc1N(C(=O)c1ccc(-c2cnn(C)c2-c2nn[nH]n2)cc1)[C@@H]1CCCNC1. The number of aryl methyl sites for hydroxylation is 2. The summed E-state index contributed by atoms with van der Waals surface area (Å²) in [5, 5.41) is 22.1. The maximum absolute atomic E-state index is 13.7. The number of rotatable bonds is 5. The van der Waals surface area contributed by atoms with Crippen molar-refractivity contribution in [2.75, 3.05) is 18.0 Å². The molecule has 1 aliphatic heterocycles. The number of hydrogen-bond donors (Lipinski definition) is 2. The molecule has 3 aromatic heterocycles. The number of aromatic amines is 1. The Hall–Kier alpha value is -3.92. The van der Waals surface area contributed by atoms with Gasteiger partial charge in [0.2, 0.25) is 5.82 Å². The molecule has 0 spiro atoms. The van der Waals surface area contributed by atoms with Gasteiger partial charge in [0.05, 0.1) is 12.2 Å². The maximum atomic E-state index is 13.7. The third-order valence-electron chi connectivity index (χ3n) is 6.00. The van der Waals surface area contributed by atoms with Crippen LogP contribution in [0.25, 0.3) is 22.6 Å². The van der Waals surface area contributed by atoms with Gasteiger partial charge >= 0.3 is 0 Å². The zero-order valence-electron chi connectivity index (χ0n) is 18.6. The first kappa shape index (κ1) is 21.0. The number of hydrogen-bond acceptors (Lipinski definition) is 7. The minimum atomic E-state index is -0.0540. The highest BCUT2D eigenvalue weighted by Crippen LogP contribution is 2.30. The van der Waals surface area contributed by atoms with Crippen molar-refractivity contribution in [3.63, 3.8) is 0 Å². The normalized spacial score (nSPS) is 16.0. The van der Waals surface area contributed by atoms with Crippen LogP contribution in [0.4, 0.5) is 5.82 Å². The van der Waals surface area contributed by atoms with Gasteiger partial charge in [-0.15, -0.1) is 10.2 Å². The Kier molecular flexibility index (Phi) is 5.66. The number of carbonyl (C=O) groups is 1. The summed E-state index contributed by atoms with van der Waals surface area (Å²) in [6.45, 7) is 3.72. The Balaban J connectivity index is 1.48. The van der Waals surface area contributed by atoms with Gasteiger partial charge in [-0.25, -0.2) is 4.98 Å². The fraction of sp³-hybridized carbons (Fsp3) is 0.304. The van der Waals surface area contributed by atoms with Gasteiger partial charge in [0.1, 0.15) is 11.5 Å². The van der Waals surface area contributed by atoms with Crippen LogP contribution in [0, 0.1) is 6.92 Å². The number of aromatic nitrogens is 7. The van der Waals surface area contributed by atoms with Crippen molar-refractivity contribution < 1.29 is 4.79 Å². The molecule has 1 aromatic carbocycles. The summed E-state index contributed by atoms with van der Waals surface area (Å²) in [5.74, 6) is 1.13. The van der Waals surface area contributed by atoms with Gasteiger partial charge in [0.25, 0.3) is 5.91 Å². The monoisotopic (exact) mass is 443 g/mol. The number of amides is 1. The molecular formula is C23H25N9O. The minimum absolute atomic E-state index is 0.0540. The zero-order chi connectivity index (χ0) is 22.8. The summed E-state index contributed by atoms with van der Waals surface area (Å²) in [4.78, 5) is 20.1. The number of nitrogens with zero attached hydrogens (tertiary/aromatic N) is 7. The molecule has 5 rings (SSSR count). The molecule has 0 radical (unpaired) electrons. The fourth-order valence-electron chi connectivity index (χ4n) is 4.33. The number of nitrogens with one attached hydrogen (secondary N) is 2. The van der Waals surface area contributed by atoms with Crippen LogP contribution in [0.2, 0.25) is 0 Å². The summed E-state index contributed by atoms with van der Waals surface area (Å²) in [6.07, 6.45) is 5.47. The van der Waals surface area contributed by atoms with E-state index in [1.807, 2.05) is 55.3 Å². The van der Waals surface area contributed by atoms with Crippen molar-refractivity contribution in [1.82, 2.24) is 40.7 Å². The Morgan fingerprint density at radius 3 is 2.76 bits per heavy atom. The molecule has 0 aliphatic carbocycles. The van der Waals surface area contributed by atoms with Crippen LogP contribution in [0.15, 0.2) is 48.8 Å². The molecule has 1 amide bonds. The van der Waals surface area contributed by atoms with Gasteiger partial charge in [0.15, 0.2) is 0 Å². The van der Waals surface area contributed by atoms with Crippen LogP contribution in [-0.4, -0.2) is 60.4 Å². The topological polar surface area (TPSA) is 118 Å². The van der Waals surface area contributed by atoms with Gasteiger partial charge in [0, 0.05) is 30.9 Å². The molecule has 10 nitrogen and oxygen atoms in total. The molecule has 4 heterocycles. The lowest BCUT2D eigenvalue weighted by Gasteiger charge is -2.34. The van der Waals surface area contributed by atoms with E-state index in [1.165, 1.54) is 0 Å². The van der Waals surface area contributed by atoms with Gasteiger partial charge in [-0.3, -0.25) is 14.4 Å². The summed E-state index contributed by atoms with van der Waals surface area (Å²) in [7, 11) is 1.83. The highest BCUT2D eigenvalue weighted by atomic mass is 16.2. The Labute approximate surface area is 191 Å². The van der Waals surface area contributed by atoms with E-state index in [-0.39, 0.29) is 11.9 Å². The molecule has 1 atom stereocenters. The number of tetrazole rings is 1. The first-order chi connectivity index (χ1) is 16.1. The quantitative estimate of drug-likeness (QED) is 0.486. The Bertz CT molecular complexity index is 1240. The van der Waals surface area contributed by atoms with E-state index in [4.69, 9.17) is 0 Å². The van der Waals surface area contributed by atoms with Crippen molar-refractivity contribution >= 4 is 11.7 Å². The van der Waals surface area contributed by atoms with E-state index in [1.54, 1.807) is 17.1 Å². The minimum Gasteiger partial charge on any atom is -0.315 e. The molecule has 33 heavy (non-hydrogen) atoms. The van der Waals surface area contributed by atoms with Crippen LogP contribution < -0.4 is 10.2 Å². The summed E-state index contributed by atoms with van der Waals surface area (Å²) in [6, 6.07) is 11.5. The molecule has 2 N–H and O–H groups in total. The average molecular weight is 444 g/mol. The van der Waals surface area contributed by atoms with Gasteiger partial charge in [-0.1, -0.05) is 18.2 Å². The van der Waals surface area contributed by atoms with Crippen LogP contribution in [0.1, 0.15) is 28.8 Å². The van der Waals surface area contributed by atoms with E-state index < -0.39 is 0 Å². The molecule has 1 saturated heterocycles. The highest BCUT2D eigenvalue weighted by molar-refractivity contribution is 6.06. The molecule has 1 fully saturated rings. The predicted octanol–water partition coefficient (Wildman–Crippen LogP) is 2.37. The molecule has 0 saturated carbocycles. The van der Waals surface area contributed by atoms with Crippen LogP contribution in [0.5, 0.6) is 0 Å². The number of anilines is 1. The second-order valence-electron chi connectivity index (χ2n) is 8.16. The van der Waals surface area contributed by atoms with E-state index in [2.05, 4.69) is 36.0 Å². The molecule has 0 unspecified atom stereocenters. The van der Waals surface area contributed by atoms with E-state index in [0.29, 0.717) is 17.2 Å². The molecule has 168 valence electrons. The standard InChI is InChI=1S/C23H25N9O/c1-15-5-3-12-25-22(15)32(18-6-4-11-24-13-18)23(33)17-9-7-16(8-10-17)19-14-26-31(2)20(19)21-27-29-30-28-21/h3,5,7-10,12,14,18,24H,4,6,11,13H2,1-2H3,(H,27,28,29,30)/t18-/m1/s1. The molecule has 1 aliphatic rings. The maximum Gasteiger partial charge on any atom is 0.259 e. The molecule has 10 heteroatoms. The van der Waals surface area contributed by atoms with Gasteiger partial charge < -0.3 is 5.32 Å². The smallest absolute Gasteiger partial charge is 0.259 e. The Morgan fingerprint density at radius 2 is 2.06 bits per heavy atom. The third-order valence-corrected chi connectivity index (χ3v) is 6.00. The molecular weight excluding hydrogens is 418 g/mol. The second-order valence-corrected chi connectivity index (χ2v) is 8.16. The second kappa shape index (κ2) is 8.91. The van der Waals surface area contributed by atoms with Crippen LogP contribution in [-0.2, 0) is 7.05 Å². The van der Waals surface area contributed by atoms with Crippen LogP contribution >= 0.6 is 0 Å². The summed E-state index contributed by atoms with van der Waals surface area (Å²) in [5.41, 5.74) is 4.13. The number of H-pyrrole nitrogens is 1. The average Bonchev–Trinajstić information content (AvgIpc) is 3.51. The summed E-state index contributed by atoms with van der Waals surface area (Å²) >= 11 is 0. The fourth-order valence-corrected chi connectivity index (χ4v) is 4.33.